The Morgan fingerprint density at radius 3 is 2.67 bits per heavy atom. The smallest absolute Gasteiger partial charge is 0.147 e. The summed E-state index contributed by atoms with van der Waals surface area (Å²) in [6, 6.07) is 11.1. The Kier molecular flexibility index (Phi) is 4.16. The lowest BCUT2D eigenvalue weighted by molar-refractivity contribution is 0.122. The molecule has 0 saturated carbocycles. The van der Waals surface area contributed by atoms with Crippen LogP contribution in [0.2, 0.25) is 0 Å². The molecule has 2 aromatic carbocycles. The molecule has 1 fully saturated rings. The fourth-order valence-corrected chi connectivity index (χ4v) is 3.33. The van der Waals surface area contributed by atoms with Gasteiger partial charge in [0.2, 0.25) is 0 Å². The van der Waals surface area contributed by atoms with Gasteiger partial charge in [0.05, 0.1) is 30.1 Å². The molecule has 122 valence electrons. The van der Waals surface area contributed by atoms with Gasteiger partial charge in [-0.3, -0.25) is 0 Å². The minimum atomic E-state index is -0.240. The van der Waals surface area contributed by atoms with Crippen LogP contribution >= 0.6 is 15.9 Å². The van der Waals surface area contributed by atoms with Crippen molar-refractivity contribution in [3.63, 3.8) is 0 Å². The third-order valence-electron chi connectivity index (χ3n) is 4.17. The van der Waals surface area contributed by atoms with Crippen molar-refractivity contribution in [1.29, 1.82) is 0 Å². The van der Waals surface area contributed by atoms with Gasteiger partial charge in [0.1, 0.15) is 12.1 Å². The van der Waals surface area contributed by atoms with Crippen molar-refractivity contribution in [2.45, 2.75) is 0 Å². The Hall–Kier alpha value is -2.05. The van der Waals surface area contributed by atoms with Gasteiger partial charge in [-0.05, 0) is 30.3 Å². The number of morpholine rings is 1. The van der Waals surface area contributed by atoms with Crippen molar-refractivity contribution in [2.24, 2.45) is 0 Å². The zero-order valence-corrected chi connectivity index (χ0v) is 14.5. The molecule has 3 aromatic rings. The maximum atomic E-state index is 14.7. The van der Waals surface area contributed by atoms with Crippen LogP contribution in [-0.2, 0) is 4.74 Å². The summed E-state index contributed by atoms with van der Waals surface area (Å²) < 4.78 is 20.9. The second-order valence-electron chi connectivity index (χ2n) is 5.65. The van der Waals surface area contributed by atoms with Gasteiger partial charge in [-0.2, -0.15) is 0 Å². The number of benzene rings is 2. The third-order valence-corrected chi connectivity index (χ3v) is 4.66. The summed E-state index contributed by atoms with van der Waals surface area (Å²) >= 11 is 3.47. The van der Waals surface area contributed by atoms with Gasteiger partial charge in [-0.25, -0.2) is 14.4 Å². The average Bonchev–Trinajstić information content (AvgIpc) is 2.62. The zero-order valence-electron chi connectivity index (χ0n) is 12.9. The predicted molar refractivity (Wildman–Crippen MR) is 95.7 cm³/mol. The third kappa shape index (κ3) is 2.87. The number of anilines is 1. The fourth-order valence-electron chi connectivity index (χ4n) is 2.97. The average molecular weight is 388 g/mol. The van der Waals surface area contributed by atoms with Crippen LogP contribution in [0.15, 0.2) is 47.2 Å². The molecule has 1 saturated heterocycles. The number of hydrogen-bond acceptors (Lipinski definition) is 4. The van der Waals surface area contributed by atoms with Crippen LogP contribution in [0.25, 0.3) is 22.2 Å². The van der Waals surface area contributed by atoms with E-state index in [0.29, 0.717) is 32.0 Å². The highest BCUT2D eigenvalue weighted by Gasteiger charge is 2.16. The van der Waals surface area contributed by atoms with Gasteiger partial charge in [0.25, 0.3) is 0 Å². The van der Waals surface area contributed by atoms with Crippen LogP contribution in [0.5, 0.6) is 0 Å². The van der Waals surface area contributed by atoms with E-state index in [1.54, 1.807) is 6.07 Å². The van der Waals surface area contributed by atoms with Crippen LogP contribution in [0.4, 0.5) is 10.1 Å². The summed E-state index contributed by atoms with van der Waals surface area (Å²) in [4.78, 5) is 10.7. The van der Waals surface area contributed by atoms with Gasteiger partial charge < -0.3 is 9.64 Å². The number of halogens is 2. The van der Waals surface area contributed by atoms with E-state index in [1.807, 2.05) is 35.2 Å². The molecule has 4 nitrogen and oxygen atoms in total. The Morgan fingerprint density at radius 2 is 1.88 bits per heavy atom. The van der Waals surface area contributed by atoms with E-state index >= 15 is 0 Å². The second kappa shape index (κ2) is 6.45. The summed E-state index contributed by atoms with van der Waals surface area (Å²) in [6.07, 6.45) is 1.51. The lowest BCUT2D eigenvalue weighted by Gasteiger charge is -2.29. The first-order valence-electron chi connectivity index (χ1n) is 7.75. The lowest BCUT2D eigenvalue weighted by Crippen LogP contribution is -2.36. The molecule has 0 spiro atoms. The van der Waals surface area contributed by atoms with Crippen LogP contribution in [0.3, 0.4) is 0 Å². The summed E-state index contributed by atoms with van der Waals surface area (Å²) in [6.45, 7) is 2.68. The van der Waals surface area contributed by atoms with E-state index in [2.05, 4.69) is 25.9 Å². The molecule has 0 aliphatic carbocycles. The molecule has 1 aromatic heterocycles. The molecule has 1 aliphatic heterocycles. The van der Waals surface area contributed by atoms with Crippen LogP contribution in [-0.4, -0.2) is 36.3 Å². The minimum Gasteiger partial charge on any atom is -0.378 e. The highest BCUT2D eigenvalue weighted by Crippen LogP contribution is 2.31. The summed E-state index contributed by atoms with van der Waals surface area (Å²) in [5.74, 6) is -0.240. The monoisotopic (exact) mass is 387 g/mol. The van der Waals surface area contributed by atoms with Crippen molar-refractivity contribution >= 4 is 32.5 Å². The SMILES string of the molecule is Fc1cc(-c2ncnc3ccc(Br)cc23)ccc1N1CCOCC1. The zero-order chi connectivity index (χ0) is 16.5. The molecule has 0 amide bonds. The maximum absolute atomic E-state index is 14.7. The van der Waals surface area contributed by atoms with Gasteiger partial charge >= 0.3 is 0 Å². The number of hydrogen-bond donors (Lipinski definition) is 0. The van der Waals surface area contributed by atoms with Gasteiger partial charge in [-0.15, -0.1) is 0 Å². The minimum absolute atomic E-state index is 0.240. The van der Waals surface area contributed by atoms with Crippen molar-refractivity contribution in [2.75, 3.05) is 31.2 Å². The number of aromatic nitrogens is 2. The molecule has 1 aliphatic rings. The Balaban J connectivity index is 1.77. The first-order valence-corrected chi connectivity index (χ1v) is 8.54. The highest BCUT2D eigenvalue weighted by molar-refractivity contribution is 9.10. The molecule has 0 radical (unpaired) electrons. The number of rotatable bonds is 2. The highest BCUT2D eigenvalue weighted by atomic mass is 79.9. The van der Waals surface area contributed by atoms with Crippen molar-refractivity contribution in [3.8, 4) is 11.3 Å². The normalized spacial score (nSPS) is 15.0. The Morgan fingerprint density at radius 1 is 1.04 bits per heavy atom. The molecule has 4 rings (SSSR count). The molecule has 6 heteroatoms. The number of nitrogens with zero attached hydrogens (tertiary/aromatic N) is 3. The van der Waals surface area contributed by atoms with E-state index in [1.165, 1.54) is 6.33 Å². The fraction of sp³-hybridized carbons (Fsp3) is 0.222. The second-order valence-corrected chi connectivity index (χ2v) is 6.57. The Labute approximate surface area is 147 Å². The van der Waals surface area contributed by atoms with Crippen molar-refractivity contribution in [1.82, 2.24) is 9.97 Å². The molecule has 0 bridgehead atoms. The van der Waals surface area contributed by atoms with Gasteiger partial charge in [0, 0.05) is 28.5 Å². The standard InChI is InChI=1S/C18H15BrFN3O/c19-13-2-3-16-14(10-13)18(22-11-21-16)12-1-4-17(15(20)9-12)23-5-7-24-8-6-23/h1-4,9-11H,5-8H2. The van der Waals surface area contributed by atoms with E-state index in [4.69, 9.17) is 4.74 Å². The van der Waals surface area contributed by atoms with Crippen molar-refractivity contribution < 1.29 is 9.13 Å². The largest absolute Gasteiger partial charge is 0.378 e. The topological polar surface area (TPSA) is 38.2 Å². The number of fused-ring (bicyclic) bond motifs is 1. The molecule has 2 heterocycles. The van der Waals surface area contributed by atoms with E-state index < -0.39 is 0 Å². The molecular formula is C18H15BrFN3O. The van der Waals surface area contributed by atoms with Gasteiger partial charge in [-0.1, -0.05) is 22.0 Å². The van der Waals surface area contributed by atoms with Gasteiger partial charge in [0.15, 0.2) is 0 Å². The molecular weight excluding hydrogens is 373 g/mol. The van der Waals surface area contributed by atoms with E-state index in [-0.39, 0.29) is 5.82 Å². The van der Waals surface area contributed by atoms with Crippen LogP contribution in [0, 0.1) is 5.82 Å². The number of ether oxygens (including phenoxy) is 1. The first kappa shape index (κ1) is 15.5. The van der Waals surface area contributed by atoms with E-state index in [9.17, 15) is 4.39 Å². The maximum Gasteiger partial charge on any atom is 0.147 e. The van der Waals surface area contributed by atoms with Crippen LogP contribution < -0.4 is 4.90 Å². The molecule has 0 atom stereocenters. The summed E-state index contributed by atoms with van der Waals surface area (Å²) in [7, 11) is 0. The summed E-state index contributed by atoms with van der Waals surface area (Å²) in [5.41, 5.74) is 2.92. The van der Waals surface area contributed by atoms with Crippen molar-refractivity contribution in [3.05, 3.63) is 53.0 Å². The lowest BCUT2D eigenvalue weighted by atomic mass is 10.1. The predicted octanol–water partition coefficient (Wildman–Crippen LogP) is 4.04. The molecule has 0 N–H and O–H groups in total. The summed E-state index contributed by atoms with van der Waals surface area (Å²) in [5, 5.41) is 0.894. The molecule has 24 heavy (non-hydrogen) atoms. The quantitative estimate of drug-likeness (QED) is 0.665. The Bertz CT molecular complexity index is 897. The molecule has 0 unspecified atom stereocenters. The van der Waals surface area contributed by atoms with E-state index in [0.717, 1.165) is 26.6 Å². The van der Waals surface area contributed by atoms with Crippen LogP contribution in [0.1, 0.15) is 0 Å². The first-order chi connectivity index (χ1) is 11.7.